The molecule has 2 nitrogen and oxygen atoms in total. The van der Waals surface area contributed by atoms with Crippen LogP contribution in [0.1, 0.15) is 26.3 Å². The van der Waals surface area contributed by atoms with Crippen LogP contribution in [0.25, 0.3) is 0 Å². The lowest BCUT2D eigenvalue weighted by Gasteiger charge is -2.22. The summed E-state index contributed by atoms with van der Waals surface area (Å²) in [6.45, 7) is 6.71. The van der Waals surface area contributed by atoms with E-state index in [0.29, 0.717) is 6.61 Å². The molecule has 0 saturated carbocycles. The van der Waals surface area contributed by atoms with E-state index in [1.807, 2.05) is 39.0 Å². The Hall–Kier alpha value is -0.380. The summed E-state index contributed by atoms with van der Waals surface area (Å²) in [5.74, 6) is 0. The van der Waals surface area contributed by atoms with Gasteiger partial charge in [-0.3, -0.25) is 0 Å². The molecule has 1 unspecified atom stereocenters. The lowest BCUT2D eigenvalue weighted by molar-refractivity contribution is -0.00984. The van der Waals surface area contributed by atoms with Crippen LogP contribution >= 0.6 is 15.9 Å². The number of hydrogen-bond donors (Lipinski definition) is 1. The summed E-state index contributed by atoms with van der Waals surface area (Å²) in [7, 11) is 0. The van der Waals surface area contributed by atoms with E-state index in [1.165, 1.54) is 5.56 Å². The van der Waals surface area contributed by atoms with Crippen molar-refractivity contribution in [3.05, 3.63) is 34.3 Å². The molecule has 1 aromatic carbocycles. The van der Waals surface area contributed by atoms with Crippen LogP contribution in [-0.2, 0) is 11.2 Å². The second-order valence-corrected chi connectivity index (χ2v) is 5.83. The zero-order valence-corrected chi connectivity index (χ0v) is 11.8. The number of hydrogen-bond acceptors (Lipinski definition) is 2. The first-order valence-electron chi connectivity index (χ1n) is 5.51. The molecular formula is C13H20BrNO. The Morgan fingerprint density at radius 3 is 2.50 bits per heavy atom. The molecular weight excluding hydrogens is 266 g/mol. The van der Waals surface area contributed by atoms with Crippen molar-refractivity contribution >= 4 is 15.9 Å². The Morgan fingerprint density at radius 2 is 1.94 bits per heavy atom. The molecule has 0 spiro atoms. The van der Waals surface area contributed by atoms with Crippen molar-refractivity contribution < 1.29 is 4.74 Å². The van der Waals surface area contributed by atoms with Gasteiger partial charge in [-0.05, 0) is 38.8 Å². The highest BCUT2D eigenvalue weighted by molar-refractivity contribution is 9.10. The predicted molar refractivity (Wildman–Crippen MR) is 71.5 cm³/mol. The maximum absolute atomic E-state index is 6.04. The van der Waals surface area contributed by atoms with Gasteiger partial charge in [0.25, 0.3) is 0 Å². The molecule has 0 aromatic heterocycles. The average Bonchev–Trinajstić information content (AvgIpc) is 2.18. The second-order valence-electron chi connectivity index (χ2n) is 4.98. The summed E-state index contributed by atoms with van der Waals surface area (Å²) in [6.07, 6.45) is 0.831. The topological polar surface area (TPSA) is 35.2 Å². The molecule has 0 saturated heterocycles. The molecule has 0 heterocycles. The van der Waals surface area contributed by atoms with Gasteiger partial charge in [-0.1, -0.05) is 34.1 Å². The van der Waals surface area contributed by atoms with E-state index in [4.69, 9.17) is 10.5 Å². The van der Waals surface area contributed by atoms with Crippen LogP contribution in [-0.4, -0.2) is 18.2 Å². The first kappa shape index (κ1) is 13.7. The van der Waals surface area contributed by atoms with E-state index in [-0.39, 0.29) is 11.6 Å². The molecule has 0 aliphatic heterocycles. The molecule has 0 radical (unpaired) electrons. The Labute approximate surface area is 106 Å². The number of benzene rings is 1. The third-order valence-corrected chi connectivity index (χ3v) is 2.94. The summed E-state index contributed by atoms with van der Waals surface area (Å²) < 4.78 is 6.78. The second kappa shape index (κ2) is 5.80. The van der Waals surface area contributed by atoms with Gasteiger partial charge in [0.15, 0.2) is 0 Å². The van der Waals surface area contributed by atoms with Crippen LogP contribution in [0, 0.1) is 0 Å². The molecule has 3 heteroatoms. The zero-order chi connectivity index (χ0) is 12.2. The SMILES string of the molecule is CC(C)(C)OCC(N)Cc1ccccc1Br. The minimum Gasteiger partial charge on any atom is -0.374 e. The zero-order valence-electron chi connectivity index (χ0n) is 10.2. The Balaban J connectivity index is 2.46. The molecule has 0 amide bonds. The van der Waals surface area contributed by atoms with Gasteiger partial charge in [-0.25, -0.2) is 0 Å². The highest BCUT2D eigenvalue weighted by Crippen LogP contribution is 2.17. The van der Waals surface area contributed by atoms with Gasteiger partial charge < -0.3 is 10.5 Å². The normalized spacial score (nSPS) is 13.8. The molecule has 1 rings (SSSR count). The Kier molecular flexibility index (Phi) is 4.96. The van der Waals surface area contributed by atoms with E-state index in [1.54, 1.807) is 0 Å². The fraction of sp³-hybridized carbons (Fsp3) is 0.538. The molecule has 90 valence electrons. The van der Waals surface area contributed by atoms with Crippen LogP contribution in [0.15, 0.2) is 28.7 Å². The Morgan fingerprint density at radius 1 is 1.31 bits per heavy atom. The van der Waals surface area contributed by atoms with E-state index < -0.39 is 0 Å². The van der Waals surface area contributed by atoms with E-state index in [2.05, 4.69) is 22.0 Å². The monoisotopic (exact) mass is 285 g/mol. The highest BCUT2D eigenvalue weighted by Gasteiger charge is 2.13. The van der Waals surface area contributed by atoms with E-state index >= 15 is 0 Å². The van der Waals surface area contributed by atoms with E-state index in [9.17, 15) is 0 Å². The molecule has 0 fully saturated rings. The van der Waals surface area contributed by atoms with Gasteiger partial charge in [-0.2, -0.15) is 0 Å². The Bertz CT molecular complexity index is 333. The highest BCUT2D eigenvalue weighted by atomic mass is 79.9. The third-order valence-electron chi connectivity index (χ3n) is 2.17. The average molecular weight is 286 g/mol. The van der Waals surface area contributed by atoms with Crippen molar-refractivity contribution in [2.45, 2.75) is 38.8 Å². The van der Waals surface area contributed by atoms with Crippen molar-refractivity contribution in [3.8, 4) is 0 Å². The molecule has 0 aliphatic rings. The van der Waals surface area contributed by atoms with Crippen molar-refractivity contribution in [2.75, 3.05) is 6.61 Å². The van der Waals surface area contributed by atoms with Gasteiger partial charge in [0, 0.05) is 10.5 Å². The number of ether oxygens (including phenoxy) is 1. The maximum Gasteiger partial charge on any atom is 0.0627 e. The van der Waals surface area contributed by atoms with E-state index in [0.717, 1.165) is 10.9 Å². The van der Waals surface area contributed by atoms with Crippen LogP contribution in [0.5, 0.6) is 0 Å². The summed E-state index contributed by atoms with van der Waals surface area (Å²) in [5.41, 5.74) is 7.15. The molecule has 16 heavy (non-hydrogen) atoms. The van der Waals surface area contributed by atoms with Crippen LogP contribution in [0.4, 0.5) is 0 Å². The number of halogens is 1. The third kappa shape index (κ3) is 5.10. The van der Waals surface area contributed by atoms with Crippen LogP contribution in [0.2, 0.25) is 0 Å². The summed E-state index contributed by atoms with van der Waals surface area (Å²) in [5, 5.41) is 0. The fourth-order valence-corrected chi connectivity index (χ4v) is 1.81. The minimum atomic E-state index is -0.120. The molecule has 1 aromatic rings. The minimum absolute atomic E-state index is 0.0397. The standard InChI is InChI=1S/C13H20BrNO/c1-13(2,3)16-9-11(15)8-10-6-4-5-7-12(10)14/h4-7,11H,8-9,15H2,1-3H3. The van der Waals surface area contributed by atoms with Crippen LogP contribution in [0.3, 0.4) is 0 Å². The van der Waals surface area contributed by atoms with Crippen LogP contribution < -0.4 is 5.73 Å². The first-order chi connectivity index (χ1) is 7.38. The molecule has 0 aliphatic carbocycles. The quantitative estimate of drug-likeness (QED) is 0.923. The maximum atomic E-state index is 6.04. The van der Waals surface area contributed by atoms with Crippen molar-refractivity contribution in [1.82, 2.24) is 0 Å². The number of nitrogens with two attached hydrogens (primary N) is 1. The van der Waals surface area contributed by atoms with Gasteiger partial charge in [-0.15, -0.1) is 0 Å². The van der Waals surface area contributed by atoms with Gasteiger partial charge in [0.2, 0.25) is 0 Å². The van der Waals surface area contributed by atoms with Crippen molar-refractivity contribution in [3.63, 3.8) is 0 Å². The number of rotatable bonds is 4. The van der Waals surface area contributed by atoms with Crippen molar-refractivity contribution in [2.24, 2.45) is 5.73 Å². The lowest BCUT2D eigenvalue weighted by atomic mass is 10.1. The largest absolute Gasteiger partial charge is 0.374 e. The summed E-state index contributed by atoms with van der Waals surface area (Å²) in [6, 6.07) is 8.19. The van der Waals surface area contributed by atoms with Gasteiger partial charge in [0.1, 0.15) is 0 Å². The first-order valence-corrected chi connectivity index (χ1v) is 6.31. The summed E-state index contributed by atoms with van der Waals surface area (Å²) in [4.78, 5) is 0. The van der Waals surface area contributed by atoms with Gasteiger partial charge in [0.05, 0.1) is 12.2 Å². The lowest BCUT2D eigenvalue weighted by Crippen LogP contribution is -2.33. The molecule has 1 atom stereocenters. The fourth-order valence-electron chi connectivity index (χ4n) is 1.36. The molecule has 2 N–H and O–H groups in total. The molecule has 0 bridgehead atoms. The predicted octanol–water partition coefficient (Wildman–Crippen LogP) is 3.13. The smallest absolute Gasteiger partial charge is 0.0627 e. The van der Waals surface area contributed by atoms with Gasteiger partial charge >= 0.3 is 0 Å². The summed E-state index contributed by atoms with van der Waals surface area (Å²) >= 11 is 3.52. The van der Waals surface area contributed by atoms with Crippen molar-refractivity contribution in [1.29, 1.82) is 0 Å².